The van der Waals surface area contributed by atoms with Crippen LogP contribution in [0.25, 0.3) is 0 Å². The molecule has 0 unspecified atom stereocenters. The third kappa shape index (κ3) is 2.55. The van der Waals surface area contributed by atoms with E-state index in [-0.39, 0.29) is 5.97 Å². The molecule has 1 aromatic rings. The Morgan fingerprint density at radius 2 is 1.93 bits per heavy atom. The lowest BCUT2D eigenvalue weighted by Crippen LogP contribution is -2.09. The Kier molecular flexibility index (Phi) is 3.63. The summed E-state index contributed by atoms with van der Waals surface area (Å²) >= 11 is 0. The maximum Gasteiger partial charge on any atom is 0.310 e. The third-order valence-electron chi connectivity index (χ3n) is 2.11. The highest BCUT2D eigenvalue weighted by Crippen LogP contribution is 2.12. The van der Waals surface area contributed by atoms with E-state index in [2.05, 4.69) is 4.98 Å². The first-order valence-corrected chi connectivity index (χ1v) is 4.70. The lowest BCUT2D eigenvalue weighted by Gasteiger charge is -2.07. The second-order valence-corrected chi connectivity index (χ2v) is 3.23. The average Bonchev–Trinajstić information content (AvgIpc) is 2.12. The summed E-state index contributed by atoms with van der Waals surface area (Å²) < 4.78 is 4.90. The van der Waals surface area contributed by atoms with Gasteiger partial charge < -0.3 is 4.74 Å². The summed E-state index contributed by atoms with van der Waals surface area (Å²) in [5.41, 5.74) is 3.11. The number of pyridine rings is 1. The van der Waals surface area contributed by atoms with Crippen molar-refractivity contribution in [1.29, 1.82) is 0 Å². The molecule has 0 aliphatic carbocycles. The Morgan fingerprint density at radius 3 is 2.43 bits per heavy atom. The monoisotopic (exact) mass is 193 g/mol. The van der Waals surface area contributed by atoms with Gasteiger partial charge in [0.25, 0.3) is 0 Å². The van der Waals surface area contributed by atoms with Gasteiger partial charge in [-0.2, -0.15) is 0 Å². The lowest BCUT2D eigenvalue weighted by atomic mass is 10.0. The van der Waals surface area contributed by atoms with Gasteiger partial charge in [0.15, 0.2) is 0 Å². The minimum Gasteiger partial charge on any atom is -0.466 e. The zero-order valence-corrected chi connectivity index (χ0v) is 8.83. The van der Waals surface area contributed by atoms with Crippen LogP contribution in [0.5, 0.6) is 0 Å². The van der Waals surface area contributed by atoms with Gasteiger partial charge in [0, 0.05) is 12.4 Å². The summed E-state index contributed by atoms with van der Waals surface area (Å²) in [6.45, 7) is 6.15. The molecule has 76 valence electrons. The summed E-state index contributed by atoms with van der Waals surface area (Å²) in [4.78, 5) is 15.3. The first-order chi connectivity index (χ1) is 6.65. The van der Waals surface area contributed by atoms with E-state index in [4.69, 9.17) is 4.74 Å². The van der Waals surface area contributed by atoms with Crippen molar-refractivity contribution in [2.24, 2.45) is 0 Å². The number of nitrogens with zero attached hydrogens (tertiary/aromatic N) is 1. The van der Waals surface area contributed by atoms with Crippen LogP contribution in [0.3, 0.4) is 0 Å². The normalized spacial score (nSPS) is 9.93. The fourth-order valence-electron chi connectivity index (χ4n) is 1.36. The predicted molar refractivity (Wildman–Crippen MR) is 54.0 cm³/mol. The maximum absolute atomic E-state index is 11.3. The molecule has 1 heterocycles. The summed E-state index contributed by atoms with van der Waals surface area (Å²) in [6.07, 6.45) is 3.87. The van der Waals surface area contributed by atoms with Crippen LogP contribution >= 0.6 is 0 Å². The molecule has 0 saturated carbocycles. The summed E-state index contributed by atoms with van der Waals surface area (Å²) in [6, 6.07) is 0. The van der Waals surface area contributed by atoms with Crippen molar-refractivity contribution in [2.75, 3.05) is 6.61 Å². The van der Waals surface area contributed by atoms with E-state index in [1.165, 1.54) is 0 Å². The van der Waals surface area contributed by atoms with Crippen LogP contribution in [0.1, 0.15) is 23.6 Å². The fourth-order valence-corrected chi connectivity index (χ4v) is 1.36. The molecule has 0 spiro atoms. The number of hydrogen-bond acceptors (Lipinski definition) is 3. The Morgan fingerprint density at radius 1 is 1.36 bits per heavy atom. The second-order valence-electron chi connectivity index (χ2n) is 3.23. The van der Waals surface area contributed by atoms with Crippen molar-refractivity contribution < 1.29 is 9.53 Å². The number of carbonyl (C=O) groups is 1. The van der Waals surface area contributed by atoms with E-state index < -0.39 is 0 Å². The van der Waals surface area contributed by atoms with Gasteiger partial charge in [-0.25, -0.2) is 0 Å². The van der Waals surface area contributed by atoms with Crippen molar-refractivity contribution >= 4 is 5.97 Å². The Hall–Kier alpha value is -1.38. The number of aromatic nitrogens is 1. The maximum atomic E-state index is 11.3. The van der Waals surface area contributed by atoms with Gasteiger partial charge in [-0.3, -0.25) is 9.78 Å². The summed E-state index contributed by atoms with van der Waals surface area (Å²) in [5.74, 6) is -0.176. The molecule has 0 saturated heterocycles. The van der Waals surface area contributed by atoms with Crippen LogP contribution < -0.4 is 0 Å². The van der Waals surface area contributed by atoms with Crippen LogP contribution in [0, 0.1) is 13.8 Å². The first-order valence-electron chi connectivity index (χ1n) is 4.70. The molecule has 0 aliphatic rings. The van der Waals surface area contributed by atoms with Crippen molar-refractivity contribution in [3.8, 4) is 0 Å². The van der Waals surface area contributed by atoms with E-state index in [0.717, 1.165) is 16.7 Å². The molecule has 0 fully saturated rings. The largest absolute Gasteiger partial charge is 0.466 e. The minimum atomic E-state index is -0.176. The average molecular weight is 193 g/mol. The van der Waals surface area contributed by atoms with Crippen molar-refractivity contribution in [1.82, 2.24) is 4.98 Å². The second kappa shape index (κ2) is 4.74. The van der Waals surface area contributed by atoms with Crippen LogP contribution in [-0.4, -0.2) is 17.6 Å². The van der Waals surface area contributed by atoms with Gasteiger partial charge in [0.2, 0.25) is 0 Å². The van der Waals surface area contributed by atoms with Gasteiger partial charge >= 0.3 is 5.97 Å². The molecular formula is C11H15NO2. The van der Waals surface area contributed by atoms with Gasteiger partial charge in [-0.15, -0.1) is 0 Å². The van der Waals surface area contributed by atoms with Crippen molar-refractivity contribution in [3.05, 3.63) is 29.1 Å². The summed E-state index contributed by atoms with van der Waals surface area (Å²) in [5, 5.41) is 0. The highest BCUT2D eigenvalue weighted by Gasteiger charge is 2.08. The Balaban J connectivity index is 2.80. The van der Waals surface area contributed by atoms with Crippen LogP contribution in [0.2, 0.25) is 0 Å². The molecule has 0 radical (unpaired) electrons. The first kappa shape index (κ1) is 10.7. The van der Waals surface area contributed by atoms with Gasteiger partial charge in [0.1, 0.15) is 0 Å². The van der Waals surface area contributed by atoms with E-state index in [1.54, 1.807) is 12.4 Å². The summed E-state index contributed by atoms with van der Waals surface area (Å²) in [7, 11) is 0. The molecule has 3 nitrogen and oxygen atoms in total. The Bertz CT molecular complexity index is 314. The molecule has 0 amide bonds. The molecule has 3 heteroatoms. The molecule has 1 rings (SSSR count). The smallest absolute Gasteiger partial charge is 0.310 e. The van der Waals surface area contributed by atoms with E-state index in [9.17, 15) is 4.79 Å². The van der Waals surface area contributed by atoms with E-state index >= 15 is 0 Å². The van der Waals surface area contributed by atoms with Gasteiger partial charge in [-0.05, 0) is 37.5 Å². The molecule has 1 aromatic heterocycles. The standard InChI is InChI=1S/C11H15NO2/c1-4-14-11(13)5-10-8(2)6-12-7-9(10)3/h6-7H,4-5H2,1-3H3. The SMILES string of the molecule is CCOC(=O)Cc1c(C)cncc1C. The molecule has 0 aromatic carbocycles. The zero-order chi connectivity index (χ0) is 10.6. The number of rotatable bonds is 3. The highest BCUT2D eigenvalue weighted by molar-refractivity contribution is 5.73. The van der Waals surface area contributed by atoms with Crippen molar-refractivity contribution in [3.63, 3.8) is 0 Å². The van der Waals surface area contributed by atoms with Crippen LogP contribution in [0.15, 0.2) is 12.4 Å². The third-order valence-corrected chi connectivity index (χ3v) is 2.11. The van der Waals surface area contributed by atoms with Crippen LogP contribution in [0.4, 0.5) is 0 Å². The van der Waals surface area contributed by atoms with Crippen LogP contribution in [-0.2, 0) is 16.0 Å². The lowest BCUT2D eigenvalue weighted by molar-refractivity contribution is -0.142. The van der Waals surface area contributed by atoms with Crippen molar-refractivity contribution in [2.45, 2.75) is 27.2 Å². The molecular weight excluding hydrogens is 178 g/mol. The highest BCUT2D eigenvalue weighted by atomic mass is 16.5. The minimum absolute atomic E-state index is 0.176. The number of esters is 1. The molecule has 14 heavy (non-hydrogen) atoms. The topological polar surface area (TPSA) is 39.2 Å². The van der Waals surface area contributed by atoms with E-state index in [1.807, 2.05) is 20.8 Å². The zero-order valence-electron chi connectivity index (χ0n) is 8.83. The fraction of sp³-hybridized carbons (Fsp3) is 0.455. The number of aryl methyl sites for hydroxylation is 2. The molecule has 0 bridgehead atoms. The number of ether oxygens (including phenoxy) is 1. The molecule has 0 aliphatic heterocycles. The molecule has 0 atom stereocenters. The molecule has 0 N–H and O–H groups in total. The number of carbonyl (C=O) groups excluding carboxylic acids is 1. The van der Waals surface area contributed by atoms with Gasteiger partial charge in [-0.1, -0.05) is 0 Å². The predicted octanol–water partition coefficient (Wildman–Crippen LogP) is 1.80. The number of hydrogen-bond donors (Lipinski definition) is 0. The van der Waals surface area contributed by atoms with Gasteiger partial charge in [0.05, 0.1) is 13.0 Å². The Labute approximate surface area is 84.1 Å². The quantitative estimate of drug-likeness (QED) is 0.687. The van der Waals surface area contributed by atoms with E-state index in [0.29, 0.717) is 13.0 Å².